The smallest absolute Gasteiger partial charge is 0.287 e. The van der Waals surface area contributed by atoms with Gasteiger partial charge < -0.3 is 19.5 Å². The van der Waals surface area contributed by atoms with E-state index in [2.05, 4.69) is 26.2 Å². The van der Waals surface area contributed by atoms with Crippen LogP contribution in [0.4, 0.5) is 0 Å². The second-order valence-electron chi connectivity index (χ2n) is 5.68. The molecule has 1 unspecified atom stereocenters. The summed E-state index contributed by atoms with van der Waals surface area (Å²) in [6.07, 6.45) is 1.59. The number of methoxy groups -OCH3 is 1. The van der Waals surface area contributed by atoms with E-state index in [0.29, 0.717) is 10.4 Å². The number of nitrogens with one attached hydrogen (secondary N) is 2. The number of hydrogen-bond acceptors (Lipinski definition) is 3. The summed E-state index contributed by atoms with van der Waals surface area (Å²) in [5.74, 6) is 0.971. The highest BCUT2D eigenvalue weighted by molar-refractivity contribution is 9.10. The van der Waals surface area contributed by atoms with Crippen LogP contribution in [0.2, 0.25) is 0 Å². The van der Waals surface area contributed by atoms with Crippen LogP contribution in [-0.2, 0) is 12.8 Å². The Labute approximate surface area is 141 Å². The minimum Gasteiger partial charge on any atom is -0.497 e. The maximum Gasteiger partial charge on any atom is 0.287 e. The fourth-order valence-electron chi connectivity index (χ4n) is 3.18. The molecule has 1 aromatic carbocycles. The first-order valence-electron chi connectivity index (χ1n) is 7.37. The minimum atomic E-state index is -0.187. The van der Waals surface area contributed by atoms with Crippen molar-refractivity contribution in [2.75, 3.05) is 7.11 Å². The number of furan rings is 1. The topological polar surface area (TPSA) is 67.3 Å². The SMILES string of the molecule is COc1ccc2[nH]c3c(c2c1)CC(NC(=O)c1ccc(Br)o1)C3. The molecule has 0 saturated carbocycles. The summed E-state index contributed by atoms with van der Waals surface area (Å²) < 4.78 is 11.2. The summed E-state index contributed by atoms with van der Waals surface area (Å²) in [7, 11) is 1.67. The zero-order valence-corrected chi connectivity index (χ0v) is 14.1. The van der Waals surface area contributed by atoms with Gasteiger partial charge in [-0.3, -0.25) is 4.79 Å². The van der Waals surface area contributed by atoms with Gasteiger partial charge in [-0.05, 0) is 58.2 Å². The predicted octanol–water partition coefficient (Wildman–Crippen LogP) is 3.43. The van der Waals surface area contributed by atoms with Gasteiger partial charge in [-0.25, -0.2) is 0 Å². The van der Waals surface area contributed by atoms with Gasteiger partial charge in [0, 0.05) is 29.1 Å². The van der Waals surface area contributed by atoms with Gasteiger partial charge in [0.05, 0.1) is 7.11 Å². The van der Waals surface area contributed by atoms with E-state index in [9.17, 15) is 4.79 Å². The van der Waals surface area contributed by atoms with E-state index in [1.807, 2.05) is 18.2 Å². The Balaban J connectivity index is 1.54. The largest absolute Gasteiger partial charge is 0.497 e. The fourth-order valence-corrected chi connectivity index (χ4v) is 3.48. The lowest BCUT2D eigenvalue weighted by Gasteiger charge is -2.11. The van der Waals surface area contributed by atoms with Crippen LogP contribution in [0.25, 0.3) is 10.9 Å². The van der Waals surface area contributed by atoms with Crippen LogP contribution >= 0.6 is 15.9 Å². The number of halogens is 1. The van der Waals surface area contributed by atoms with Crippen molar-refractivity contribution in [3.05, 3.63) is 52.0 Å². The Hall–Kier alpha value is -2.21. The number of carbonyl (C=O) groups excluding carboxylic acids is 1. The van der Waals surface area contributed by atoms with Crippen molar-refractivity contribution >= 4 is 32.7 Å². The molecule has 1 aliphatic carbocycles. The number of hydrogen-bond donors (Lipinski definition) is 2. The van der Waals surface area contributed by atoms with E-state index >= 15 is 0 Å². The fraction of sp³-hybridized carbons (Fsp3) is 0.235. The van der Waals surface area contributed by atoms with Crippen LogP contribution in [0.1, 0.15) is 21.8 Å². The maximum absolute atomic E-state index is 12.2. The average Bonchev–Trinajstić information content (AvgIpc) is 3.21. The number of carbonyl (C=O) groups is 1. The summed E-state index contributed by atoms with van der Waals surface area (Å²) >= 11 is 3.21. The number of fused-ring (bicyclic) bond motifs is 3. The van der Waals surface area contributed by atoms with Crippen LogP contribution in [0.15, 0.2) is 39.4 Å². The molecule has 2 aromatic heterocycles. The van der Waals surface area contributed by atoms with E-state index in [4.69, 9.17) is 9.15 Å². The van der Waals surface area contributed by atoms with Crippen molar-refractivity contribution in [3.63, 3.8) is 0 Å². The van der Waals surface area contributed by atoms with Crippen molar-refractivity contribution < 1.29 is 13.9 Å². The van der Waals surface area contributed by atoms with Crippen LogP contribution < -0.4 is 10.1 Å². The Morgan fingerprint density at radius 3 is 2.96 bits per heavy atom. The van der Waals surface area contributed by atoms with Crippen molar-refractivity contribution in [1.29, 1.82) is 0 Å². The first-order valence-corrected chi connectivity index (χ1v) is 8.17. The molecular weight excluding hydrogens is 360 g/mol. The van der Waals surface area contributed by atoms with Crippen LogP contribution in [0.5, 0.6) is 5.75 Å². The summed E-state index contributed by atoms with van der Waals surface area (Å²) in [5.41, 5.74) is 3.54. The van der Waals surface area contributed by atoms with Gasteiger partial charge in [-0.2, -0.15) is 0 Å². The molecule has 1 aliphatic rings. The molecule has 5 nitrogen and oxygen atoms in total. The van der Waals surface area contributed by atoms with Gasteiger partial charge in [-0.15, -0.1) is 0 Å². The van der Waals surface area contributed by atoms with Gasteiger partial charge in [-0.1, -0.05) is 0 Å². The van der Waals surface area contributed by atoms with Crippen molar-refractivity contribution in [1.82, 2.24) is 10.3 Å². The number of ether oxygens (including phenoxy) is 1. The van der Waals surface area contributed by atoms with Gasteiger partial charge in [0.25, 0.3) is 5.91 Å². The lowest BCUT2D eigenvalue weighted by molar-refractivity contribution is 0.0909. The Morgan fingerprint density at radius 1 is 1.35 bits per heavy atom. The molecule has 23 heavy (non-hydrogen) atoms. The third-order valence-corrected chi connectivity index (χ3v) is 4.66. The monoisotopic (exact) mass is 374 g/mol. The normalized spacial score (nSPS) is 16.5. The quantitative estimate of drug-likeness (QED) is 0.737. The summed E-state index contributed by atoms with van der Waals surface area (Å²) in [4.78, 5) is 15.6. The molecule has 2 N–H and O–H groups in total. The van der Waals surface area contributed by atoms with E-state index in [1.54, 1.807) is 19.2 Å². The van der Waals surface area contributed by atoms with Gasteiger partial charge in [0.2, 0.25) is 0 Å². The second-order valence-corrected chi connectivity index (χ2v) is 6.46. The van der Waals surface area contributed by atoms with Crippen molar-refractivity contribution in [2.45, 2.75) is 18.9 Å². The lowest BCUT2D eigenvalue weighted by Crippen LogP contribution is -2.35. The van der Waals surface area contributed by atoms with Crippen molar-refractivity contribution in [2.24, 2.45) is 0 Å². The highest BCUT2D eigenvalue weighted by Gasteiger charge is 2.27. The molecule has 118 valence electrons. The van der Waals surface area contributed by atoms with Crippen LogP contribution in [0.3, 0.4) is 0 Å². The molecule has 0 saturated heterocycles. The Bertz CT molecular complexity index is 897. The molecule has 0 fully saturated rings. The average molecular weight is 375 g/mol. The van der Waals surface area contributed by atoms with Gasteiger partial charge in [0.15, 0.2) is 10.4 Å². The number of rotatable bonds is 3. The minimum absolute atomic E-state index is 0.0724. The zero-order chi connectivity index (χ0) is 16.0. The molecule has 0 spiro atoms. The highest BCUT2D eigenvalue weighted by atomic mass is 79.9. The molecule has 0 aliphatic heterocycles. The molecule has 3 aromatic rings. The second kappa shape index (κ2) is 5.45. The number of amides is 1. The maximum atomic E-state index is 12.2. The molecule has 0 radical (unpaired) electrons. The van der Waals surface area contributed by atoms with E-state index < -0.39 is 0 Å². The molecular formula is C17H15BrN2O3. The molecule has 6 heteroatoms. The van der Waals surface area contributed by atoms with Crippen LogP contribution in [-0.4, -0.2) is 24.0 Å². The number of aromatic nitrogens is 1. The molecule has 0 bridgehead atoms. The number of benzene rings is 1. The summed E-state index contributed by atoms with van der Waals surface area (Å²) in [6, 6.07) is 9.46. The summed E-state index contributed by atoms with van der Waals surface area (Å²) in [5, 5.41) is 4.19. The summed E-state index contributed by atoms with van der Waals surface area (Å²) in [6.45, 7) is 0. The van der Waals surface area contributed by atoms with E-state index in [-0.39, 0.29) is 11.9 Å². The van der Waals surface area contributed by atoms with Crippen LogP contribution in [0, 0.1) is 0 Å². The number of aromatic amines is 1. The Kier molecular flexibility index (Phi) is 3.41. The van der Waals surface area contributed by atoms with Gasteiger partial charge in [0.1, 0.15) is 5.75 Å². The van der Waals surface area contributed by atoms with Gasteiger partial charge >= 0.3 is 0 Å². The van der Waals surface area contributed by atoms with E-state index in [1.165, 1.54) is 11.3 Å². The standard InChI is InChI=1S/C17H15BrN2O3/c1-22-10-2-3-13-12(8-10)11-6-9(7-14(11)20-13)19-17(21)15-4-5-16(18)23-15/h2-5,8-9,20H,6-7H2,1H3,(H,19,21). The number of H-pyrrole nitrogens is 1. The molecule has 4 rings (SSSR count). The zero-order valence-electron chi connectivity index (χ0n) is 12.5. The first kappa shape index (κ1) is 14.4. The third-order valence-electron chi connectivity index (χ3n) is 4.23. The first-order chi connectivity index (χ1) is 11.1. The van der Waals surface area contributed by atoms with Crippen molar-refractivity contribution in [3.8, 4) is 5.75 Å². The molecule has 1 atom stereocenters. The van der Waals surface area contributed by atoms with E-state index in [0.717, 1.165) is 29.5 Å². The molecule has 1 amide bonds. The molecule has 2 heterocycles. The predicted molar refractivity (Wildman–Crippen MR) is 89.9 cm³/mol. The lowest BCUT2D eigenvalue weighted by atomic mass is 10.1. The third kappa shape index (κ3) is 2.53. The Morgan fingerprint density at radius 2 is 2.22 bits per heavy atom. The highest BCUT2D eigenvalue weighted by Crippen LogP contribution is 2.32.